The fourth-order valence-electron chi connectivity index (χ4n) is 2.86. The number of aliphatic hydroxyl groups is 4. The topological polar surface area (TPSA) is 130 Å². The Morgan fingerprint density at radius 1 is 0.436 bits per heavy atom. The molecule has 0 aliphatic rings. The van der Waals surface area contributed by atoms with Gasteiger partial charge in [0.15, 0.2) is 0 Å². The van der Waals surface area contributed by atoms with Crippen LogP contribution in [0.4, 0.5) is 0 Å². The zero-order valence-electron chi connectivity index (χ0n) is 28.5. The van der Waals surface area contributed by atoms with E-state index in [-0.39, 0.29) is 48.6 Å². The first-order valence-corrected chi connectivity index (χ1v) is 14.2. The summed E-state index contributed by atoms with van der Waals surface area (Å²) in [6.07, 6.45) is -0.181. The molecule has 0 rings (SSSR count). The molecule has 0 aromatic heterocycles. The van der Waals surface area contributed by atoms with Gasteiger partial charge in [-0.05, 0) is 112 Å². The van der Waals surface area contributed by atoms with E-state index < -0.39 is 0 Å². The van der Waals surface area contributed by atoms with Crippen LogP contribution in [0.25, 0.3) is 0 Å². The molecule has 11 nitrogen and oxygen atoms in total. The molecule has 7 N–H and O–H groups in total. The van der Waals surface area contributed by atoms with E-state index in [4.69, 9.17) is 0 Å². The van der Waals surface area contributed by atoms with Crippen LogP contribution in [0, 0.1) is 0 Å². The third-order valence-corrected chi connectivity index (χ3v) is 7.14. The summed E-state index contributed by atoms with van der Waals surface area (Å²) in [5, 5.41) is 46.2. The number of rotatable bonds is 15. The predicted molar refractivity (Wildman–Crippen MR) is 169 cm³/mol. The molecule has 0 saturated heterocycles. The van der Waals surface area contributed by atoms with Crippen molar-refractivity contribution in [2.75, 3.05) is 97.2 Å². The molecule has 3 unspecified atom stereocenters. The van der Waals surface area contributed by atoms with Crippen LogP contribution in [0.3, 0.4) is 0 Å². The fraction of sp³-hybridized carbons (Fsp3) is 1.00. The van der Waals surface area contributed by atoms with Crippen molar-refractivity contribution in [2.45, 2.75) is 89.6 Å². The van der Waals surface area contributed by atoms with Crippen LogP contribution >= 0.6 is 0 Å². The second kappa shape index (κ2) is 27.7. The molecule has 0 aliphatic carbocycles. The highest BCUT2D eigenvalue weighted by Crippen LogP contribution is 2.02. The van der Waals surface area contributed by atoms with E-state index in [2.05, 4.69) is 16.0 Å². The molecule has 0 radical (unpaired) electrons. The fourth-order valence-corrected chi connectivity index (χ4v) is 2.86. The number of nitrogens with one attached hydrogen (secondary N) is 3. The van der Waals surface area contributed by atoms with Gasteiger partial charge >= 0.3 is 0 Å². The van der Waals surface area contributed by atoms with Crippen LogP contribution in [0.5, 0.6) is 0 Å². The van der Waals surface area contributed by atoms with Gasteiger partial charge in [-0.25, -0.2) is 0 Å². The van der Waals surface area contributed by atoms with Crippen molar-refractivity contribution < 1.29 is 20.4 Å². The van der Waals surface area contributed by atoms with Crippen LogP contribution in [-0.2, 0) is 0 Å². The van der Waals surface area contributed by atoms with Crippen molar-refractivity contribution >= 4 is 0 Å². The van der Waals surface area contributed by atoms with E-state index >= 15 is 0 Å². The van der Waals surface area contributed by atoms with Gasteiger partial charge in [-0.1, -0.05) is 6.92 Å². The first-order chi connectivity index (χ1) is 17.9. The summed E-state index contributed by atoms with van der Waals surface area (Å²) in [5.74, 6) is 0. The monoisotopic (exact) mass is 570 g/mol. The lowest BCUT2D eigenvalue weighted by Gasteiger charge is -2.24. The van der Waals surface area contributed by atoms with Crippen molar-refractivity contribution in [1.29, 1.82) is 0 Å². The molecule has 0 aliphatic heterocycles. The van der Waals surface area contributed by atoms with Gasteiger partial charge in [0.05, 0.1) is 24.4 Å². The minimum Gasteiger partial charge on any atom is -0.392 e. The van der Waals surface area contributed by atoms with Crippen molar-refractivity contribution in [3.05, 3.63) is 0 Å². The lowest BCUT2D eigenvalue weighted by atomic mass is 10.1. The first kappa shape index (κ1) is 45.5. The van der Waals surface area contributed by atoms with Crippen molar-refractivity contribution in [2.24, 2.45) is 0 Å². The van der Waals surface area contributed by atoms with Gasteiger partial charge < -0.3 is 56.0 Å². The summed E-state index contributed by atoms with van der Waals surface area (Å²) >= 11 is 0. The quantitative estimate of drug-likeness (QED) is 0.135. The summed E-state index contributed by atoms with van der Waals surface area (Å²) in [6.45, 7) is 12.0. The molecule has 0 spiro atoms. The van der Waals surface area contributed by atoms with Crippen LogP contribution in [0.1, 0.15) is 41.0 Å². The predicted octanol–water partition coefficient (Wildman–Crippen LogP) is -0.742. The standard InChI is InChI=1S/3C7H18N2O.C7H17NO/c3*1-6(9(3)4)7(10)5-8-2;1-5-7(9)6(2)8(3)4/h3*6-8,10H,5H2,1-4H3;6-7,9H,5H2,1-4H3/t3*6-,7?;6-,7+/m1001/s1. The Balaban J connectivity index is -0.000000210. The third kappa shape index (κ3) is 26.2. The van der Waals surface area contributed by atoms with Gasteiger partial charge in [-0.3, -0.25) is 0 Å². The van der Waals surface area contributed by atoms with E-state index in [1.54, 1.807) is 0 Å². The van der Waals surface area contributed by atoms with Gasteiger partial charge in [0.1, 0.15) is 0 Å². The van der Waals surface area contributed by atoms with Crippen LogP contribution in [-0.4, -0.2) is 186 Å². The maximum atomic E-state index is 9.38. The Bertz CT molecular complexity index is 450. The lowest BCUT2D eigenvalue weighted by Crippen LogP contribution is -2.41. The average Bonchev–Trinajstić information content (AvgIpc) is 2.87. The molecule has 8 atom stereocenters. The second-order valence-electron chi connectivity index (χ2n) is 11.2. The molecule has 11 heteroatoms. The highest BCUT2D eigenvalue weighted by atomic mass is 16.3. The minimum absolute atomic E-state index is 0.181. The van der Waals surface area contributed by atoms with Gasteiger partial charge in [-0.2, -0.15) is 0 Å². The van der Waals surface area contributed by atoms with Crippen LogP contribution in [0.15, 0.2) is 0 Å². The molecule has 0 aromatic carbocycles. The van der Waals surface area contributed by atoms with Crippen molar-refractivity contribution in [3.8, 4) is 0 Å². The van der Waals surface area contributed by atoms with Gasteiger partial charge in [-0.15, -0.1) is 0 Å². The average molecular weight is 570 g/mol. The van der Waals surface area contributed by atoms with Crippen LogP contribution < -0.4 is 16.0 Å². The third-order valence-electron chi connectivity index (χ3n) is 7.14. The lowest BCUT2D eigenvalue weighted by molar-refractivity contribution is 0.0827. The zero-order valence-corrected chi connectivity index (χ0v) is 28.5. The molecular weight excluding hydrogens is 498 g/mol. The van der Waals surface area contributed by atoms with Crippen molar-refractivity contribution in [3.63, 3.8) is 0 Å². The second-order valence-corrected chi connectivity index (χ2v) is 11.2. The van der Waals surface area contributed by atoms with E-state index in [1.165, 1.54) is 0 Å². The normalized spacial score (nSPS) is 17.5. The Labute approximate surface area is 242 Å². The molecule has 0 bridgehead atoms. The smallest absolute Gasteiger partial charge is 0.0816 e. The maximum absolute atomic E-state index is 9.38. The Morgan fingerprint density at radius 3 is 0.718 bits per heavy atom. The summed E-state index contributed by atoms with van der Waals surface area (Å²) in [7, 11) is 21.2. The SMILES string of the molecule is CC[C@H](O)[C@@H](C)N(C)C.CNCC(O)[C@@H](C)N(C)C.CNCC(O)[C@H](C)N(C)C.CNCC(O)[C@H](C)N(C)C. The number of likely N-dealkylation sites (N-methyl/N-ethyl adjacent to an activating group) is 7. The van der Waals surface area contributed by atoms with E-state index in [9.17, 15) is 20.4 Å². The molecule has 0 aromatic rings. The van der Waals surface area contributed by atoms with Gasteiger partial charge in [0.2, 0.25) is 0 Å². The molecule has 242 valence electrons. The van der Waals surface area contributed by atoms with Gasteiger partial charge in [0.25, 0.3) is 0 Å². The molecule has 0 saturated carbocycles. The number of nitrogens with zero attached hydrogens (tertiary/aromatic N) is 4. The number of aliphatic hydroxyl groups excluding tert-OH is 4. The molecule has 0 amide bonds. The Morgan fingerprint density at radius 2 is 0.615 bits per heavy atom. The summed E-state index contributed by atoms with van der Waals surface area (Å²) < 4.78 is 0. The van der Waals surface area contributed by atoms with E-state index in [0.29, 0.717) is 19.6 Å². The minimum atomic E-state index is -0.278. The first-order valence-electron chi connectivity index (χ1n) is 14.2. The Kier molecular flexibility index (Phi) is 32.4. The molecule has 39 heavy (non-hydrogen) atoms. The van der Waals surface area contributed by atoms with E-state index in [0.717, 1.165) is 6.42 Å². The highest BCUT2D eigenvalue weighted by molar-refractivity contribution is 4.73. The van der Waals surface area contributed by atoms with E-state index in [1.807, 2.05) is 132 Å². The van der Waals surface area contributed by atoms with Crippen molar-refractivity contribution in [1.82, 2.24) is 35.6 Å². The Hall–Kier alpha value is -0.440. The van der Waals surface area contributed by atoms with Crippen LogP contribution in [0.2, 0.25) is 0 Å². The largest absolute Gasteiger partial charge is 0.392 e. The zero-order chi connectivity index (χ0) is 31.9. The molecular formula is C28H71N7O4. The highest BCUT2D eigenvalue weighted by Gasteiger charge is 2.16. The number of hydrogen-bond donors (Lipinski definition) is 7. The molecule has 0 heterocycles. The molecule has 0 fully saturated rings. The summed E-state index contributed by atoms with van der Waals surface area (Å²) in [6, 6.07) is 0.919. The number of hydrogen-bond acceptors (Lipinski definition) is 11. The summed E-state index contributed by atoms with van der Waals surface area (Å²) in [4.78, 5) is 8.03. The van der Waals surface area contributed by atoms with Gasteiger partial charge in [0, 0.05) is 43.8 Å². The maximum Gasteiger partial charge on any atom is 0.0816 e. The summed E-state index contributed by atoms with van der Waals surface area (Å²) in [5.41, 5.74) is 0.